The Balaban J connectivity index is 1.88. The van der Waals surface area contributed by atoms with E-state index in [1.165, 1.54) is 5.69 Å². The molecule has 0 radical (unpaired) electrons. The van der Waals surface area contributed by atoms with Gasteiger partial charge in [-0.1, -0.05) is 20.8 Å². The van der Waals surface area contributed by atoms with Crippen molar-refractivity contribution in [3.05, 3.63) is 34.9 Å². The fourth-order valence-corrected chi connectivity index (χ4v) is 2.36. The van der Waals surface area contributed by atoms with E-state index in [1.54, 1.807) is 0 Å². The highest BCUT2D eigenvalue weighted by atomic mass is 15.3. The Morgan fingerprint density at radius 3 is 2.48 bits per heavy atom. The Morgan fingerprint density at radius 2 is 1.95 bits per heavy atom. The van der Waals surface area contributed by atoms with Crippen LogP contribution >= 0.6 is 0 Å². The molecular weight excluding hydrogens is 262 g/mol. The van der Waals surface area contributed by atoms with Crippen molar-refractivity contribution in [2.45, 2.75) is 53.1 Å². The molecule has 0 aliphatic rings. The molecular formula is C16H27N5. The summed E-state index contributed by atoms with van der Waals surface area (Å²) in [6, 6.07) is 4.28. The first-order chi connectivity index (χ1) is 9.75. The third kappa shape index (κ3) is 4.17. The van der Waals surface area contributed by atoms with Crippen LogP contribution in [0.5, 0.6) is 0 Å². The van der Waals surface area contributed by atoms with Crippen LogP contribution < -0.4 is 0 Å². The predicted molar refractivity (Wildman–Crippen MR) is 85.3 cm³/mol. The van der Waals surface area contributed by atoms with Gasteiger partial charge in [-0.05, 0) is 33.0 Å². The van der Waals surface area contributed by atoms with Crippen molar-refractivity contribution in [3.8, 4) is 0 Å². The molecule has 2 aromatic rings. The summed E-state index contributed by atoms with van der Waals surface area (Å²) >= 11 is 0. The van der Waals surface area contributed by atoms with E-state index < -0.39 is 0 Å². The molecule has 5 heteroatoms. The minimum absolute atomic E-state index is 0.0943. The molecule has 0 aromatic carbocycles. The summed E-state index contributed by atoms with van der Waals surface area (Å²) < 4.78 is 2.07. The summed E-state index contributed by atoms with van der Waals surface area (Å²) in [6.45, 7) is 13.4. The van der Waals surface area contributed by atoms with Crippen LogP contribution in [-0.4, -0.2) is 38.5 Å². The highest BCUT2D eigenvalue weighted by Gasteiger charge is 2.17. The van der Waals surface area contributed by atoms with Gasteiger partial charge in [0.25, 0.3) is 0 Å². The Morgan fingerprint density at radius 1 is 1.24 bits per heavy atom. The lowest BCUT2D eigenvalue weighted by Gasteiger charge is -2.16. The van der Waals surface area contributed by atoms with Gasteiger partial charge in [0, 0.05) is 29.9 Å². The number of hydrogen-bond donors (Lipinski definition) is 1. The Labute approximate surface area is 127 Å². The van der Waals surface area contributed by atoms with Gasteiger partial charge in [0.1, 0.15) is 0 Å². The quantitative estimate of drug-likeness (QED) is 0.920. The fourth-order valence-electron chi connectivity index (χ4n) is 2.36. The van der Waals surface area contributed by atoms with Crippen molar-refractivity contribution in [1.29, 1.82) is 0 Å². The number of likely N-dealkylation sites (N-methyl/N-ethyl adjacent to an activating group) is 1. The molecule has 21 heavy (non-hydrogen) atoms. The van der Waals surface area contributed by atoms with E-state index in [-0.39, 0.29) is 5.41 Å². The summed E-state index contributed by atoms with van der Waals surface area (Å²) in [5, 5.41) is 12.0. The molecule has 2 aromatic heterocycles. The van der Waals surface area contributed by atoms with E-state index in [0.717, 1.165) is 36.7 Å². The summed E-state index contributed by atoms with van der Waals surface area (Å²) in [5.41, 5.74) is 4.67. The first kappa shape index (κ1) is 15.8. The second-order valence-corrected chi connectivity index (χ2v) is 6.92. The van der Waals surface area contributed by atoms with Crippen LogP contribution in [0.2, 0.25) is 0 Å². The third-order valence-corrected chi connectivity index (χ3v) is 3.64. The minimum Gasteiger partial charge on any atom is -0.299 e. The van der Waals surface area contributed by atoms with Crippen molar-refractivity contribution in [1.82, 2.24) is 24.9 Å². The first-order valence-corrected chi connectivity index (χ1v) is 7.50. The number of aromatic amines is 1. The van der Waals surface area contributed by atoms with E-state index in [1.807, 2.05) is 6.92 Å². The number of nitrogens with one attached hydrogen (secondary N) is 1. The van der Waals surface area contributed by atoms with Crippen LogP contribution in [0.4, 0.5) is 0 Å². The number of aryl methyl sites for hydroxylation is 2. The Bertz CT molecular complexity index is 588. The van der Waals surface area contributed by atoms with Gasteiger partial charge in [-0.15, -0.1) is 0 Å². The van der Waals surface area contributed by atoms with E-state index in [9.17, 15) is 0 Å². The molecule has 0 fully saturated rings. The van der Waals surface area contributed by atoms with Gasteiger partial charge in [0.05, 0.1) is 17.9 Å². The molecule has 0 aliphatic carbocycles. The molecule has 0 bridgehead atoms. The molecule has 0 unspecified atom stereocenters. The molecule has 0 saturated carbocycles. The van der Waals surface area contributed by atoms with E-state index in [2.05, 4.69) is 71.8 Å². The summed E-state index contributed by atoms with van der Waals surface area (Å²) in [4.78, 5) is 2.29. The maximum absolute atomic E-state index is 4.50. The van der Waals surface area contributed by atoms with Crippen LogP contribution in [0.15, 0.2) is 12.1 Å². The average Bonchev–Trinajstić information content (AvgIpc) is 2.93. The second-order valence-electron chi connectivity index (χ2n) is 6.92. The predicted octanol–water partition coefficient (Wildman–Crippen LogP) is 2.65. The van der Waals surface area contributed by atoms with Gasteiger partial charge >= 0.3 is 0 Å². The number of rotatable bonds is 5. The first-order valence-electron chi connectivity index (χ1n) is 7.50. The zero-order valence-corrected chi connectivity index (χ0v) is 14.1. The highest BCUT2D eigenvalue weighted by Crippen LogP contribution is 2.20. The topological polar surface area (TPSA) is 49.7 Å². The Hall–Kier alpha value is -1.62. The van der Waals surface area contributed by atoms with Crippen LogP contribution in [0.1, 0.15) is 43.5 Å². The molecule has 0 spiro atoms. The molecule has 5 nitrogen and oxygen atoms in total. The smallest absolute Gasteiger partial charge is 0.0678 e. The van der Waals surface area contributed by atoms with Crippen molar-refractivity contribution in [2.75, 3.05) is 13.6 Å². The van der Waals surface area contributed by atoms with E-state index >= 15 is 0 Å². The van der Waals surface area contributed by atoms with Crippen molar-refractivity contribution < 1.29 is 0 Å². The largest absolute Gasteiger partial charge is 0.299 e. The molecule has 2 rings (SSSR count). The number of aromatic nitrogens is 4. The molecule has 1 N–H and O–H groups in total. The molecule has 0 atom stereocenters. The molecule has 0 aliphatic heterocycles. The van der Waals surface area contributed by atoms with E-state index in [0.29, 0.717) is 0 Å². The molecule has 0 saturated heterocycles. The lowest BCUT2D eigenvalue weighted by molar-refractivity contribution is 0.300. The minimum atomic E-state index is 0.0943. The molecule has 2 heterocycles. The van der Waals surface area contributed by atoms with Crippen LogP contribution in [0.3, 0.4) is 0 Å². The third-order valence-electron chi connectivity index (χ3n) is 3.64. The van der Waals surface area contributed by atoms with Crippen LogP contribution in [-0.2, 0) is 18.5 Å². The average molecular weight is 289 g/mol. The van der Waals surface area contributed by atoms with Crippen LogP contribution in [0.25, 0.3) is 0 Å². The van der Waals surface area contributed by atoms with Gasteiger partial charge in [-0.2, -0.15) is 10.2 Å². The molecule has 0 amide bonds. The van der Waals surface area contributed by atoms with Gasteiger partial charge in [0.15, 0.2) is 0 Å². The SMILES string of the molecule is Cc1cc(C)n(CCN(C)Cc2cc(C(C)(C)C)n[nH]2)n1. The number of nitrogens with zero attached hydrogens (tertiary/aromatic N) is 4. The van der Waals surface area contributed by atoms with Gasteiger partial charge in [0.2, 0.25) is 0 Å². The zero-order chi connectivity index (χ0) is 15.6. The normalized spacial score (nSPS) is 12.3. The Kier molecular flexibility index (Phi) is 4.52. The summed E-state index contributed by atoms with van der Waals surface area (Å²) in [5.74, 6) is 0. The standard InChI is InChI=1S/C16H27N5/c1-12-9-13(2)21(19-12)8-7-20(6)11-14-10-15(18-17-14)16(3,4)5/h9-10H,7-8,11H2,1-6H3,(H,17,18). The van der Waals surface area contributed by atoms with Crippen molar-refractivity contribution in [3.63, 3.8) is 0 Å². The summed E-state index contributed by atoms with van der Waals surface area (Å²) in [6.07, 6.45) is 0. The lowest BCUT2D eigenvalue weighted by atomic mass is 9.92. The van der Waals surface area contributed by atoms with Gasteiger partial charge in [-0.25, -0.2) is 0 Å². The fraction of sp³-hybridized carbons (Fsp3) is 0.625. The van der Waals surface area contributed by atoms with Gasteiger partial charge < -0.3 is 0 Å². The highest BCUT2D eigenvalue weighted by molar-refractivity contribution is 5.16. The van der Waals surface area contributed by atoms with E-state index in [4.69, 9.17) is 0 Å². The number of H-pyrrole nitrogens is 1. The monoisotopic (exact) mass is 289 g/mol. The van der Waals surface area contributed by atoms with Gasteiger partial charge in [-0.3, -0.25) is 14.7 Å². The van der Waals surface area contributed by atoms with Crippen molar-refractivity contribution >= 4 is 0 Å². The maximum Gasteiger partial charge on any atom is 0.0678 e. The number of hydrogen-bond acceptors (Lipinski definition) is 3. The maximum atomic E-state index is 4.50. The lowest BCUT2D eigenvalue weighted by Crippen LogP contribution is -2.24. The zero-order valence-electron chi connectivity index (χ0n) is 14.1. The second kappa shape index (κ2) is 6.02. The summed E-state index contributed by atoms with van der Waals surface area (Å²) in [7, 11) is 2.13. The van der Waals surface area contributed by atoms with Crippen LogP contribution in [0, 0.1) is 13.8 Å². The molecule has 116 valence electrons. The van der Waals surface area contributed by atoms with Crippen molar-refractivity contribution in [2.24, 2.45) is 0 Å².